The van der Waals surface area contributed by atoms with Crippen LogP contribution in [0.5, 0.6) is 0 Å². The lowest BCUT2D eigenvalue weighted by atomic mass is 9.94. The molecule has 0 aliphatic carbocycles. The molecular weight excluding hydrogens is 266 g/mol. The Bertz CT molecular complexity index is 836. The fourth-order valence-corrected chi connectivity index (χ4v) is 3.07. The second kappa shape index (κ2) is 5.84. The number of hydrogen-bond acceptors (Lipinski definition) is 0. The van der Waals surface area contributed by atoms with Crippen molar-refractivity contribution in [3.8, 4) is 0 Å². The highest BCUT2D eigenvalue weighted by molar-refractivity contribution is 5.80. The first-order chi connectivity index (χ1) is 10.5. The van der Waals surface area contributed by atoms with Crippen molar-refractivity contribution in [1.82, 2.24) is 4.57 Å². The molecule has 3 aromatic rings. The van der Waals surface area contributed by atoms with Crippen LogP contribution >= 0.6 is 0 Å². The van der Waals surface area contributed by atoms with Gasteiger partial charge in [0.1, 0.15) is 0 Å². The number of allylic oxidation sites excluding steroid dienone is 1. The molecule has 0 amide bonds. The van der Waals surface area contributed by atoms with E-state index in [0.29, 0.717) is 0 Å². The predicted octanol–water partition coefficient (Wildman–Crippen LogP) is 5.31. The van der Waals surface area contributed by atoms with Gasteiger partial charge in [-0.2, -0.15) is 0 Å². The molecule has 1 aromatic heterocycles. The minimum Gasteiger partial charge on any atom is -0.351 e. The highest BCUT2D eigenvalue weighted by atomic mass is 14.9. The number of hydrogen-bond donors (Lipinski definition) is 0. The molecule has 2 aromatic carbocycles. The molecule has 0 spiro atoms. The van der Waals surface area contributed by atoms with Gasteiger partial charge in [-0.3, -0.25) is 0 Å². The number of benzene rings is 2. The zero-order chi connectivity index (χ0) is 15.7. The van der Waals surface area contributed by atoms with Crippen LogP contribution in [0.2, 0.25) is 0 Å². The maximum absolute atomic E-state index is 4.12. The monoisotopic (exact) mass is 289 g/mol. The summed E-state index contributed by atoms with van der Waals surface area (Å²) in [7, 11) is 2.09. The summed E-state index contributed by atoms with van der Waals surface area (Å²) in [4.78, 5) is 0. The molecule has 0 aliphatic rings. The van der Waals surface area contributed by atoms with Crippen LogP contribution in [0.3, 0.4) is 0 Å². The van der Waals surface area contributed by atoms with Crippen LogP contribution in [0.1, 0.15) is 29.2 Å². The summed E-state index contributed by atoms with van der Waals surface area (Å²) < 4.78 is 2.16. The smallest absolute Gasteiger partial charge is 0.0477 e. The van der Waals surface area contributed by atoms with Gasteiger partial charge in [0.25, 0.3) is 0 Å². The van der Waals surface area contributed by atoms with E-state index in [1.807, 2.05) is 0 Å². The minimum atomic E-state index is 1.06. The molecule has 0 unspecified atom stereocenters. The van der Waals surface area contributed by atoms with Crippen molar-refractivity contribution in [1.29, 1.82) is 0 Å². The Morgan fingerprint density at radius 2 is 1.86 bits per heavy atom. The van der Waals surface area contributed by atoms with Crippen molar-refractivity contribution in [3.63, 3.8) is 0 Å². The van der Waals surface area contributed by atoms with Crippen LogP contribution in [-0.2, 0) is 19.9 Å². The van der Waals surface area contributed by atoms with E-state index in [1.165, 1.54) is 33.2 Å². The lowest BCUT2D eigenvalue weighted by Crippen LogP contribution is -1.96. The Labute approximate surface area is 132 Å². The second-order valence-corrected chi connectivity index (χ2v) is 6.26. The summed E-state index contributed by atoms with van der Waals surface area (Å²) >= 11 is 0. The van der Waals surface area contributed by atoms with Crippen molar-refractivity contribution in [3.05, 3.63) is 77.5 Å². The van der Waals surface area contributed by atoms with Gasteiger partial charge in [-0.25, -0.2) is 0 Å². The molecule has 22 heavy (non-hydrogen) atoms. The highest BCUT2D eigenvalue weighted by Gasteiger charge is 2.05. The van der Waals surface area contributed by atoms with E-state index < -0.39 is 0 Å². The van der Waals surface area contributed by atoms with E-state index in [4.69, 9.17) is 0 Å². The number of rotatable bonds is 4. The normalized spacial score (nSPS) is 11.0. The predicted molar refractivity (Wildman–Crippen MR) is 96.2 cm³/mol. The summed E-state index contributed by atoms with van der Waals surface area (Å²) in [6, 6.07) is 15.7. The summed E-state index contributed by atoms with van der Waals surface area (Å²) in [6.07, 6.45) is 4.24. The van der Waals surface area contributed by atoms with Gasteiger partial charge in [0.05, 0.1) is 0 Å². The first-order valence-corrected chi connectivity index (χ1v) is 7.84. The van der Waals surface area contributed by atoms with Crippen LogP contribution in [0.15, 0.2) is 55.2 Å². The fourth-order valence-electron chi connectivity index (χ4n) is 3.07. The van der Waals surface area contributed by atoms with Crippen LogP contribution in [0.25, 0.3) is 16.5 Å². The zero-order valence-corrected chi connectivity index (χ0v) is 13.7. The molecule has 0 fully saturated rings. The van der Waals surface area contributed by atoms with E-state index in [2.05, 4.69) is 80.7 Å². The lowest BCUT2D eigenvalue weighted by molar-refractivity contribution is 0.952. The molecule has 0 radical (unpaired) electrons. The SMILES string of the molecule is C=C(C)c1cc(C)ccc1CCc1ccc2c(ccn2C)c1. The van der Waals surface area contributed by atoms with Crippen LogP contribution in [0, 0.1) is 6.92 Å². The van der Waals surface area contributed by atoms with Gasteiger partial charge >= 0.3 is 0 Å². The zero-order valence-electron chi connectivity index (χ0n) is 13.7. The van der Waals surface area contributed by atoms with E-state index in [9.17, 15) is 0 Å². The maximum atomic E-state index is 4.12. The summed E-state index contributed by atoms with van der Waals surface area (Å²) in [5, 5.41) is 1.32. The topological polar surface area (TPSA) is 4.93 Å². The third-order valence-electron chi connectivity index (χ3n) is 4.36. The van der Waals surface area contributed by atoms with E-state index >= 15 is 0 Å². The van der Waals surface area contributed by atoms with Gasteiger partial charge in [0.2, 0.25) is 0 Å². The van der Waals surface area contributed by atoms with E-state index in [1.54, 1.807) is 0 Å². The average Bonchev–Trinajstić information content (AvgIpc) is 2.87. The lowest BCUT2D eigenvalue weighted by Gasteiger charge is -2.11. The number of nitrogens with zero attached hydrogens (tertiary/aromatic N) is 1. The van der Waals surface area contributed by atoms with Crippen molar-refractivity contribution in [2.24, 2.45) is 7.05 Å². The highest BCUT2D eigenvalue weighted by Crippen LogP contribution is 2.22. The van der Waals surface area contributed by atoms with E-state index in [0.717, 1.165) is 18.4 Å². The Morgan fingerprint density at radius 3 is 2.64 bits per heavy atom. The van der Waals surface area contributed by atoms with Gasteiger partial charge < -0.3 is 4.57 Å². The quantitative estimate of drug-likeness (QED) is 0.614. The van der Waals surface area contributed by atoms with Gasteiger partial charge in [0, 0.05) is 18.8 Å². The van der Waals surface area contributed by atoms with Gasteiger partial charge in [-0.1, -0.05) is 42.0 Å². The molecule has 1 nitrogen and oxygen atoms in total. The molecule has 1 heteroatoms. The third-order valence-corrected chi connectivity index (χ3v) is 4.36. The molecule has 0 N–H and O–H groups in total. The number of aromatic nitrogens is 1. The minimum absolute atomic E-state index is 1.06. The number of aryl methyl sites for hydroxylation is 4. The maximum Gasteiger partial charge on any atom is 0.0477 e. The van der Waals surface area contributed by atoms with Gasteiger partial charge in [0.15, 0.2) is 0 Å². The molecule has 112 valence electrons. The van der Waals surface area contributed by atoms with Gasteiger partial charge in [-0.05, 0) is 67.0 Å². The van der Waals surface area contributed by atoms with Gasteiger partial charge in [-0.15, -0.1) is 0 Å². The molecule has 0 saturated carbocycles. The van der Waals surface area contributed by atoms with Crippen LogP contribution < -0.4 is 0 Å². The molecule has 1 heterocycles. The molecular formula is C21H23N. The summed E-state index contributed by atoms with van der Waals surface area (Å²) in [5.74, 6) is 0. The van der Waals surface area contributed by atoms with Crippen molar-refractivity contribution in [2.75, 3.05) is 0 Å². The molecule has 0 saturated heterocycles. The fraction of sp³-hybridized carbons (Fsp3) is 0.238. The third kappa shape index (κ3) is 2.85. The Balaban J connectivity index is 1.83. The Hall–Kier alpha value is -2.28. The van der Waals surface area contributed by atoms with Crippen molar-refractivity contribution in [2.45, 2.75) is 26.7 Å². The van der Waals surface area contributed by atoms with Crippen LogP contribution in [-0.4, -0.2) is 4.57 Å². The summed E-state index contributed by atoms with van der Waals surface area (Å²) in [6.45, 7) is 8.35. The largest absolute Gasteiger partial charge is 0.351 e. The van der Waals surface area contributed by atoms with Crippen molar-refractivity contribution < 1.29 is 0 Å². The Morgan fingerprint density at radius 1 is 1.05 bits per heavy atom. The molecule has 0 aliphatic heterocycles. The average molecular weight is 289 g/mol. The molecule has 0 atom stereocenters. The number of fused-ring (bicyclic) bond motifs is 1. The standard InChI is InChI=1S/C21H23N/c1-15(2)20-13-16(3)5-8-18(20)9-6-17-7-10-21-19(14-17)11-12-22(21)4/h5,7-8,10-14H,1,6,9H2,2-4H3. The van der Waals surface area contributed by atoms with E-state index in [-0.39, 0.29) is 0 Å². The Kier molecular flexibility index (Phi) is 3.89. The van der Waals surface area contributed by atoms with Crippen LogP contribution in [0.4, 0.5) is 0 Å². The second-order valence-electron chi connectivity index (χ2n) is 6.26. The van der Waals surface area contributed by atoms with Crippen molar-refractivity contribution >= 4 is 16.5 Å². The first kappa shape index (κ1) is 14.6. The first-order valence-electron chi connectivity index (χ1n) is 7.84. The summed E-state index contributed by atoms with van der Waals surface area (Å²) in [5.41, 5.74) is 7.84. The molecule has 0 bridgehead atoms. The molecule has 3 rings (SSSR count).